The molecular weight excluding hydrogens is 403 g/mol. The fraction of sp³-hybridized carbons (Fsp3) is 0.222. The van der Waals surface area contributed by atoms with Crippen LogP contribution in [-0.2, 0) is 0 Å². The standard InChI is InChI=1S/C18H19IN2O2/c1-3-21(4-2)18(23)13-9-11-14(12-10-13)20-17(22)15-7-5-6-8-16(15)19/h5-12H,3-4H2,1-2H3,(H,20,22). The van der Waals surface area contributed by atoms with Gasteiger partial charge in [0.05, 0.1) is 5.56 Å². The average Bonchev–Trinajstić information content (AvgIpc) is 2.57. The number of hydrogen-bond donors (Lipinski definition) is 1. The van der Waals surface area contributed by atoms with Crippen LogP contribution in [-0.4, -0.2) is 29.8 Å². The van der Waals surface area contributed by atoms with Crippen LogP contribution in [0.4, 0.5) is 5.69 Å². The summed E-state index contributed by atoms with van der Waals surface area (Å²) in [5.41, 5.74) is 1.93. The Bertz CT molecular complexity index is 694. The zero-order chi connectivity index (χ0) is 16.8. The van der Waals surface area contributed by atoms with Crippen LogP contribution in [0.25, 0.3) is 0 Å². The summed E-state index contributed by atoms with van der Waals surface area (Å²) in [6, 6.07) is 14.4. The van der Waals surface area contributed by atoms with Gasteiger partial charge in [-0.3, -0.25) is 9.59 Å². The SMILES string of the molecule is CCN(CC)C(=O)c1ccc(NC(=O)c2ccccc2I)cc1. The number of hydrogen-bond acceptors (Lipinski definition) is 2. The summed E-state index contributed by atoms with van der Waals surface area (Å²) in [5.74, 6) is -0.150. The van der Waals surface area contributed by atoms with Gasteiger partial charge in [0, 0.05) is 27.9 Å². The first-order chi connectivity index (χ1) is 11.1. The van der Waals surface area contributed by atoms with Crippen molar-refractivity contribution in [3.8, 4) is 0 Å². The van der Waals surface area contributed by atoms with Gasteiger partial charge >= 0.3 is 0 Å². The molecule has 2 aromatic carbocycles. The molecule has 0 saturated heterocycles. The van der Waals surface area contributed by atoms with Crippen LogP contribution >= 0.6 is 22.6 Å². The number of carbonyl (C=O) groups is 2. The number of rotatable bonds is 5. The minimum absolute atomic E-state index is 0.00508. The maximum absolute atomic E-state index is 12.3. The van der Waals surface area contributed by atoms with Gasteiger partial charge in [-0.15, -0.1) is 0 Å². The third-order valence-electron chi connectivity index (χ3n) is 3.56. The topological polar surface area (TPSA) is 49.4 Å². The molecule has 0 aliphatic rings. The monoisotopic (exact) mass is 422 g/mol. The van der Waals surface area contributed by atoms with Gasteiger partial charge in [-0.25, -0.2) is 0 Å². The Morgan fingerprint density at radius 3 is 2.17 bits per heavy atom. The van der Waals surface area contributed by atoms with E-state index in [1.165, 1.54) is 0 Å². The van der Waals surface area contributed by atoms with Crippen molar-refractivity contribution in [1.29, 1.82) is 0 Å². The first-order valence-corrected chi connectivity index (χ1v) is 8.59. The molecule has 0 heterocycles. The Morgan fingerprint density at radius 2 is 1.61 bits per heavy atom. The summed E-state index contributed by atoms with van der Waals surface area (Å²) in [7, 11) is 0. The highest BCUT2D eigenvalue weighted by Crippen LogP contribution is 2.16. The van der Waals surface area contributed by atoms with Gasteiger partial charge in [0.15, 0.2) is 0 Å². The molecule has 0 spiro atoms. The number of nitrogens with zero attached hydrogens (tertiary/aromatic N) is 1. The van der Waals surface area contributed by atoms with E-state index < -0.39 is 0 Å². The van der Waals surface area contributed by atoms with Crippen molar-refractivity contribution in [3.63, 3.8) is 0 Å². The van der Waals surface area contributed by atoms with Gasteiger partial charge in [-0.2, -0.15) is 0 Å². The van der Waals surface area contributed by atoms with Gasteiger partial charge in [0.2, 0.25) is 0 Å². The van der Waals surface area contributed by atoms with Crippen molar-refractivity contribution in [2.24, 2.45) is 0 Å². The fourth-order valence-corrected chi connectivity index (χ4v) is 2.87. The minimum atomic E-state index is -0.155. The Balaban J connectivity index is 2.10. The van der Waals surface area contributed by atoms with Crippen LogP contribution in [0.5, 0.6) is 0 Å². The summed E-state index contributed by atoms with van der Waals surface area (Å²) in [6.45, 7) is 5.27. The Labute approximate surface area is 150 Å². The number of anilines is 1. The van der Waals surface area contributed by atoms with Crippen LogP contribution in [0.2, 0.25) is 0 Å². The van der Waals surface area contributed by atoms with E-state index in [0.29, 0.717) is 29.9 Å². The molecule has 2 aromatic rings. The lowest BCUT2D eigenvalue weighted by Gasteiger charge is -2.18. The average molecular weight is 422 g/mol. The molecule has 4 nitrogen and oxygen atoms in total. The first-order valence-electron chi connectivity index (χ1n) is 7.52. The molecule has 0 fully saturated rings. The lowest BCUT2D eigenvalue weighted by Crippen LogP contribution is -2.30. The summed E-state index contributed by atoms with van der Waals surface area (Å²) in [5, 5.41) is 2.85. The molecule has 23 heavy (non-hydrogen) atoms. The minimum Gasteiger partial charge on any atom is -0.339 e. The second-order valence-electron chi connectivity index (χ2n) is 4.99. The molecule has 2 amide bonds. The molecule has 0 unspecified atom stereocenters. The van der Waals surface area contributed by atoms with Crippen LogP contribution in [0.1, 0.15) is 34.6 Å². The zero-order valence-corrected chi connectivity index (χ0v) is 15.3. The Morgan fingerprint density at radius 1 is 1.00 bits per heavy atom. The maximum atomic E-state index is 12.3. The number of benzene rings is 2. The normalized spacial score (nSPS) is 10.2. The molecule has 0 aliphatic heterocycles. The smallest absolute Gasteiger partial charge is 0.256 e. The van der Waals surface area contributed by atoms with Crippen LogP contribution in [0.3, 0.4) is 0 Å². The predicted octanol–water partition coefficient (Wildman–Crippen LogP) is 4.03. The van der Waals surface area contributed by atoms with Gasteiger partial charge < -0.3 is 10.2 Å². The zero-order valence-electron chi connectivity index (χ0n) is 13.2. The van der Waals surface area contributed by atoms with Gasteiger partial charge in [0.1, 0.15) is 0 Å². The first kappa shape index (κ1) is 17.5. The molecule has 0 bridgehead atoms. The number of halogens is 1. The van der Waals surface area contributed by atoms with E-state index in [1.54, 1.807) is 35.2 Å². The van der Waals surface area contributed by atoms with E-state index in [4.69, 9.17) is 0 Å². The van der Waals surface area contributed by atoms with Crippen molar-refractivity contribution in [2.45, 2.75) is 13.8 Å². The van der Waals surface area contributed by atoms with Crippen LogP contribution < -0.4 is 5.32 Å². The Hall–Kier alpha value is -1.89. The molecule has 0 aromatic heterocycles. The molecule has 0 aliphatic carbocycles. The quantitative estimate of drug-likeness (QED) is 0.740. The number of carbonyl (C=O) groups excluding carboxylic acids is 2. The highest BCUT2D eigenvalue weighted by atomic mass is 127. The van der Waals surface area contributed by atoms with Gasteiger partial charge in [0.25, 0.3) is 11.8 Å². The second kappa shape index (κ2) is 8.10. The summed E-state index contributed by atoms with van der Waals surface area (Å²) >= 11 is 2.14. The molecule has 0 radical (unpaired) electrons. The lowest BCUT2D eigenvalue weighted by molar-refractivity contribution is 0.0773. The van der Waals surface area contributed by atoms with E-state index in [-0.39, 0.29) is 11.8 Å². The van der Waals surface area contributed by atoms with Crippen molar-refractivity contribution >= 4 is 40.1 Å². The predicted molar refractivity (Wildman–Crippen MR) is 101 cm³/mol. The van der Waals surface area contributed by atoms with Crippen LogP contribution in [0, 0.1) is 3.57 Å². The van der Waals surface area contributed by atoms with E-state index in [1.807, 2.05) is 32.0 Å². The van der Waals surface area contributed by atoms with Crippen molar-refractivity contribution < 1.29 is 9.59 Å². The van der Waals surface area contributed by atoms with Gasteiger partial charge in [-0.05, 0) is 72.8 Å². The van der Waals surface area contributed by atoms with E-state index in [0.717, 1.165) is 3.57 Å². The maximum Gasteiger partial charge on any atom is 0.256 e. The number of amides is 2. The number of nitrogens with one attached hydrogen (secondary N) is 1. The molecule has 2 rings (SSSR count). The molecular formula is C18H19IN2O2. The van der Waals surface area contributed by atoms with Crippen molar-refractivity contribution in [2.75, 3.05) is 18.4 Å². The highest BCUT2D eigenvalue weighted by Gasteiger charge is 2.13. The summed E-state index contributed by atoms with van der Waals surface area (Å²) in [4.78, 5) is 26.3. The third kappa shape index (κ3) is 4.31. The lowest BCUT2D eigenvalue weighted by atomic mass is 10.1. The molecule has 5 heteroatoms. The Kier molecular flexibility index (Phi) is 6.15. The largest absolute Gasteiger partial charge is 0.339 e. The summed E-state index contributed by atoms with van der Waals surface area (Å²) in [6.07, 6.45) is 0. The van der Waals surface area contributed by atoms with Crippen molar-refractivity contribution in [3.05, 3.63) is 63.2 Å². The fourth-order valence-electron chi connectivity index (χ4n) is 2.23. The summed E-state index contributed by atoms with van der Waals surface area (Å²) < 4.78 is 0.899. The second-order valence-corrected chi connectivity index (χ2v) is 6.15. The van der Waals surface area contributed by atoms with Gasteiger partial charge in [-0.1, -0.05) is 12.1 Å². The molecule has 0 atom stereocenters. The van der Waals surface area contributed by atoms with E-state index >= 15 is 0 Å². The van der Waals surface area contributed by atoms with E-state index in [2.05, 4.69) is 27.9 Å². The molecule has 120 valence electrons. The highest BCUT2D eigenvalue weighted by molar-refractivity contribution is 14.1. The van der Waals surface area contributed by atoms with Crippen LogP contribution in [0.15, 0.2) is 48.5 Å². The van der Waals surface area contributed by atoms with Crippen molar-refractivity contribution in [1.82, 2.24) is 4.90 Å². The molecule has 1 N–H and O–H groups in total. The van der Waals surface area contributed by atoms with E-state index in [9.17, 15) is 9.59 Å². The molecule has 0 saturated carbocycles. The third-order valence-corrected chi connectivity index (χ3v) is 4.50.